The predicted molar refractivity (Wildman–Crippen MR) is 101 cm³/mol. The fourth-order valence-corrected chi connectivity index (χ4v) is 3.05. The topological polar surface area (TPSA) is 129 Å². The Morgan fingerprint density at radius 2 is 1.76 bits per heavy atom. The van der Waals surface area contributed by atoms with E-state index >= 15 is 0 Å². The molecule has 10 nitrogen and oxygen atoms in total. The first-order valence-corrected chi connectivity index (χ1v) is 8.90. The summed E-state index contributed by atoms with van der Waals surface area (Å²) in [7, 11) is 0. The van der Waals surface area contributed by atoms with Gasteiger partial charge in [0.2, 0.25) is 0 Å². The summed E-state index contributed by atoms with van der Waals surface area (Å²) < 4.78 is 5.20. The third kappa shape index (κ3) is 3.86. The van der Waals surface area contributed by atoms with E-state index in [9.17, 15) is 14.4 Å². The van der Waals surface area contributed by atoms with Gasteiger partial charge in [0, 0.05) is 32.4 Å². The molecule has 1 aromatic carbocycles. The van der Waals surface area contributed by atoms with E-state index in [1.807, 2.05) is 24.3 Å². The number of carbonyl (C=O) groups is 3. The van der Waals surface area contributed by atoms with Crippen LogP contribution in [0.25, 0.3) is 11.0 Å². The lowest BCUT2D eigenvalue weighted by molar-refractivity contribution is 0.0623. The van der Waals surface area contributed by atoms with Crippen LogP contribution in [0.4, 0.5) is 4.79 Å². The molecule has 3 heterocycles. The number of hydrogen-bond acceptors (Lipinski definition) is 6. The van der Waals surface area contributed by atoms with Gasteiger partial charge in [-0.25, -0.2) is 14.6 Å². The summed E-state index contributed by atoms with van der Waals surface area (Å²) in [5.74, 6) is -1.07. The molecule has 1 fully saturated rings. The number of aromatic nitrogens is 3. The van der Waals surface area contributed by atoms with Crippen molar-refractivity contribution in [1.82, 2.24) is 24.8 Å². The zero-order chi connectivity index (χ0) is 20.4. The number of nitrogens with one attached hydrogen (secondary N) is 1. The molecule has 0 bridgehead atoms. The number of pyridine rings is 1. The first kappa shape index (κ1) is 18.4. The van der Waals surface area contributed by atoms with E-state index < -0.39 is 12.1 Å². The molecule has 2 amide bonds. The fraction of sp³-hybridized carbons (Fsp3) is 0.211. The van der Waals surface area contributed by atoms with E-state index in [1.165, 1.54) is 23.4 Å². The number of carbonyl (C=O) groups excluding carboxylic acids is 2. The molecule has 0 radical (unpaired) electrons. The monoisotopic (exact) mass is 395 g/mol. The van der Waals surface area contributed by atoms with Crippen LogP contribution in [-0.2, 0) is 0 Å². The normalized spacial score (nSPS) is 14.1. The number of amides is 2. The smallest absolute Gasteiger partial charge is 0.415 e. The Balaban J connectivity index is 1.36. The molecule has 0 atom stereocenters. The first-order valence-electron chi connectivity index (χ1n) is 8.90. The average Bonchev–Trinajstić information content (AvgIpc) is 3.18. The molecule has 1 aliphatic rings. The Labute approximate surface area is 164 Å². The van der Waals surface area contributed by atoms with Crippen LogP contribution in [0.3, 0.4) is 0 Å². The summed E-state index contributed by atoms with van der Waals surface area (Å²) in [5, 5.41) is 8.98. The number of imidazole rings is 1. The second-order valence-electron chi connectivity index (χ2n) is 6.46. The maximum absolute atomic E-state index is 12.7. The number of carboxylic acids is 1. The minimum atomic E-state index is -1.16. The quantitative estimate of drug-likeness (QED) is 0.689. The number of rotatable bonds is 3. The van der Waals surface area contributed by atoms with E-state index in [0.717, 1.165) is 11.0 Å². The van der Waals surface area contributed by atoms with Crippen molar-refractivity contribution in [3.63, 3.8) is 0 Å². The minimum Gasteiger partial charge on any atom is -0.478 e. The molecular formula is C19H17N5O5. The van der Waals surface area contributed by atoms with Gasteiger partial charge in [-0.15, -0.1) is 0 Å². The second kappa shape index (κ2) is 7.58. The Bertz CT molecular complexity index is 1050. The van der Waals surface area contributed by atoms with Gasteiger partial charge in [-0.3, -0.25) is 9.78 Å². The molecule has 2 N–H and O–H groups in total. The molecular weight excluding hydrogens is 378 g/mol. The number of para-hydroxylation sites is 2. The zero-order valence-corrected chi connectivity index (χ0v) is 15.2. The van der Waals surface area contributed by atoms with Gasteiger partial charge in [0.15, 0.2) is 11.6 Å². The summed E-state index contributed by atoms with van der Waals surface area (Å²) in [6.07, 6.45) is 1.82. The molecule has 10 heteroatoms. The van der Waals surface area contributed by atoms with Crippen LogP contribution in [0.15, 0.2) is 42.7 Å². The molecule has 148 valence electrons. The number of aromatic carboxylic acids is 1. The van der Waals surface area contributed by atoms with Crippen molar-refractivity contribution in [3.05, 3.63) is 54.1 Å². The number of hydrogen-bond donors (Lipinski definition) is 2. The van der Waals surface area contributed by atoms with Crippen molar-refractivity contribution in [1.29, 1.82) is 0 Å². The number of carboxylic acid groups (broad SMARTS) is 1. The standard InChI is InChI=1S/C19H17N5O5/c25-17(16-21-14-3-1-2-4-15(14)22-16)23-5-7-24(8-6-23)19(28)29-13-9-12(18(26)27)10-20-11-13/h1-4,9-11H,5-8H2,(H,21,22)(H,26,27). The molecule has 0 saturated carbocycles. The largest absolute Gasteiger partial charge is 0.478 e. The number of fused-ring (bicyclic) bond motifs is 1. The molecule has 1 aliphatic heterocycles. The molecule has 1 saturated heterocycles. The number of nitrogens with zero attached hydrogens (tertiary/aromatic N) is 4. The summed E-state index contributed by atoms with van der Waals surface area (Å²) >= 11 is 0. The predicted octanol–water partition coefficient (Wildman–Crippen LogP) is 1.61. The van der Waals surface area contributed by atoms with E-state index in [1.54, 1.807) is 4.90 Å². The Morgan fingerprint density at radius 1 is 1.03 bits per heavy atom. The molecule has 0 unspecified atom stereocenters. The third-order valence-corrected chi connectivity index (χ3v) is 4.58. The zero-order valence-electron chi connectivity index (χ0n) is 15.2. The van der Waals surface area contributed by atoms with Crippen LogP contribution in [0.1, 0.15) is 21.0 Å². The first-order chi connectivity index (χ1) is 14.0. The maximum Gasteiger partial charge on any atom is 0.415 e. The number of ether oxygens (including phenoxy) is 1. The maximum atomic E-state index is 12.7. The lowest BCUT2D eigenvalue weighted by atomic mass is 10.3. The van der Waals surface area contributed by atoms with Gasteiger partial charge in [-0.1, -0.05) is 12.1 Å². The van der Waals surface area contributed by atoms with Crippen LogP contribution in [0.2, 0.25) is 0 Å². The molecule has 2 aromatic heterocycles. The van der Waals surface area contributed by atoms with E-state index in [2.05, 4.69) is 15.0 Å². The number of benzene rings is 1. The second-order valence-corrected chi connectivity index (χ2v) is 6.46. The Kier molecular flexibility index (Phi) is 4.82. The number of aromatic amines is 1. The number of H-pyrrole nitrogens is 1. The van der Waals surface area contributed by atoms with Crippen molar-refractivity contribution in [2.45, 2.75) is 0 Å². The van der Waals surface area contributed by atoms with Gasteiger partial charge < -0.3 is 24.6 Å². The Morgan fingerprint density at radius 3 is 2.48 bits per heavy atom. The molecule has 29 heavy (non-hydrogen) atoms. The highest BCUT2D eigenvalue weighted by Gasteiger charge is 2.27. The van der Waals surface area contributed by atoms with Crippen molar-refractivity contribution in [3.8, 4) is 5.75 Å². The summed E-state index contributed by atoms with van der Waals surface area (Å²) in [5.41, 5.74) is 1.43. The fourth-order valence-electron chi connectivity index (χ4n) is 3.05. The number of piperazine rings is 1. The lowest BCUT2D eigenvalue weighted by Gasteiger charge is -2.33. The highest BCUT2D eigenvalue weighted by atomic mass is 16.6. The summed E-state index contributed by atoms with van der Waals surface area (Å²) in [6.45, 7) is 1.24. The third-order valence-electron chi connectivity index (χ3n) is 4.58. The van der Waals surface area contributed by atoms with Gasteiger partial charge >= 0.3 is 12.1 Å². The van der Waals surface area contributed by atoms with Gasteiger partial charge in [0.05, 0.1) is 22.8 Å². The van der Waals surface area contributed by atoms with Crippen molar-refractivity contribution in [2.24, 2.45) is 0 Å². The summed E-state index contributed by atoms with van der Waals surface area (Å²) in [4.78, 5) is 50.1. The molecule has 4 rings (SSSR count). The van der Waals surface area contributed by atoms with E-state index in [0.29, 0.717) is 13.1 Å². The molecule has 3 aromatic rings. The lowest BCUT2D eigenvalue weighted by Crippen LogP contribution is -2.51. The van der Waals surface area contributed by atoms with Crippen molar-refractivity contribution >= 4 is 29.0 Å². The van der Waals surface area contributed by atoms with Gasteiger partial charge in [-0.05, 0) is 18.2 Å². The van der Waals surface area contributed by atoms with E-state index in [-0.39, 0.29) is 36.1 Å². The van der Waals surface area contributed by atoms with Crippen LogP contribution in [0.5, 0.6) is 5.75 Å². The van der Waals surface area contributed by atoms with Crippen LogP contribution < -0.4 is 4.74 Å². The van der Waals surface area contributed by atoms with Crippen molar-refractivity contribution < 1.29 is 24.2 Å². The molecule has 0 aliphatic carbocycles. The van der Waals surface area contributed by atoms with E-state index in [4.69, 9.17) is 9.84 Å². The van der Waals surface area contributed by atoms with Crippen molar-refractivity contribution in [2.75, 3.05) is 26.2 Å². The van der Waals surface area contributed by atoms with Crippen LogP contribution in [0, 0.1) is 0 Å². The highest BCUT2D eigenvalue weighted by molar-refractivity contribution is 5.94. The SMILES string of the molecule is O=C(O)c1cncc(OC(=O)N2CCN(C(=O)c3nc4ccccc4[nH]3)CC2)c1. The Hall–Kier alpha value is -3.95. The summed E-state index contributed by atoms with van der Waals surface area (Å²) in [6, 6.07) is 8.62. The highest BCUT2D eigenvalue weighted by Crippen LogP contribution is 2.15. The van der Waals surface area contributed by atoms with Gasteiger partial charge in [-0.2, -0.15) is 0 Å². The molecule has 0 spiro atoms. The van der Waals surface area contributed by atoms with Crippen LogP contribution >= 0.6 is 0 Å². The minimum absolute atomic E-state index is 0.0516. The van der Waals surface area contributed by atoms with Gasteiger partial charge in [0.25, 0.3) is 5.91 Å². The average molecular weight is 395 g/mol. The van der Waals surface area contributed by atoms with Gasteiger partial charge in [0.1, 0.15) is 0 Å². The van der Waals surface area contributed by atoms with Crippen LogP contribution in [-0.4, -0.2) is 74.0 Å².